The number of aliphatic hydroxyl groups excluding tert-OH is 1. The predicted octanol–water partition coefficient (Wildman–Crippen LogP) is 0.0574. The van der Waals surface area contributed by atoms with Crippen molar-refractivity contribution in [3.8, 4) is 0 Å². The molecule has 0 saturated carbocycles. The van der Waals surface area contributed by atoms with Crippen molar-refractivity contribution in [2.24, 2.45) is 0 Å². The van der Waals surface area contributed by atoms with Gasteiger partial charge in [-0.25, -0.2) is 5.32 Å². The van der Waals surface area contributed by atoms with Gasteiger partial charge in [0.05, 0.1) is 13.0 Å². The van der Waals surface area contributed by atoms with Gasteiger partial charge in [0.1, 0.15) is 0 Å². The van der Waals surface area contributed by atoms with Crippen LogP contribution in [-0.2, 0) is 0 Å². The van der Waals surface area contributed by atoms with E-state index < -0.39 is 5.66 Å². The van der Waals surface area contributed by atoms with Crippen LogP contribution in [0.4, 0.5) is 0 Å². The quantitative estimate of drug-likeness (QED) is 0.368. The van der Waals surface area contributed by atoms with Crippen LogP contribution >= 0.6 is 0 Å². The van der Waals surface area contributed by atoms with Crippen LogP contribution in [0.3, 0.4) is 0 Å². The highest BCUT2D eigenvalue weighted by molar-refractivity contribution is 5.17. The zero-order valence-electron chi connectivity index (χ0n) is 7.14. The van der Waals surface area contributed by atoms with Crippen molar-refractivity contribution in [2.75, 3.05) is 13.2 Å². The molecule has 1 aliphatic rings. The van der Waals surface area contributed by atoms with Gasteiger partial charge < -0.3 is 5.11 Å². The van der Waals surface area contributed by atoms with E-state index in [1.165, 1.54) is 6.08 Å². The number of nitrogens with zero attached hydrogens (tertiary/aromatic N) is 1. The van der Waals surface area contributed by atoms with Crippen LogP contribution in [0.25, 0.3) is 0 Å². The maximum atomic E-state index is 10.8. The lowest BCUT2D eigenvalue weighted by Crippen LogP contribution is -2.51. The number of nitrogens with one attached hydrogen (secondary N) is 1. The summed E-state index contributed by atoms with van der Waals surface area (Å²) in [6, 6.07) is 0. The van der Waals surface area contributed by atoms with E-state index in [-0.39, 0.29) is 18.1 Å². The first-order chi connectivity index (χ1) is 6.21. The molecule has 0 saturated heterocycles. The van der Waals surface area contributed by atoms with Crippen molar-refractivity contribution in [2.45, 2.75) is 12.1 Å². The van der Waals surface area contributed by atoms with Gasteiger partial charge in [-0.3, -0.25) is 10.1 Å². The van der Waals surface area contributed by atoms with Crippen LogP contribution in [-0.4, -0.2) is 28.8 Å². The van der Waals surface area contributed by atoms with E-state index in [2.05, 4.69) is 5.32 Å². The van der Waals surface area contributed by atoms with E-state index in [1.54, 1.807) is 18.2 Å². The van der Waals surface area contributed by atoms with Gasteiger partial charge in [0, 0.05) is 17.5 Å². The Hall–Kier alpha value is -1.20. The number of hydrogen-bond acceptors (Lipinski definition) is 4. The van der Waals surface area contributed by atoms with Crippen LogP contribution < -0.4 is 5.32 Å². The average Bonchev–Trinajstić information content (AvgIpc) is 2.16. The molecule has 0 aromatic rings. The number of aliphatic hydroxyl groups is 1. The second-order valence-electron chi connectivity index (χ2n) is 2.82. The molecule has 0 radical (unpaired) electrons. The fourth-order valence-corrected chi connectivity index (χ4v) is 1.21. The van der Waals surface area contributed by atoms with Crippen LogP contribution in [0.15, 0.2) is 24.3 Å². The molecule has 13 heavy (non-hydrogen) atoms. The van der Waals surface area contributed by atoms with Gasteiger partial charge in [-0.2, -0.15) is 0 Å². The Balaban J connectivity index is 2.70. The van der Waals surface area contributed by atoms with Gasteiger partial charge in [-0.15, -0.1) is 0 Å². The molecule has 1 rings (SSSR count). The molecule has 1 atom stereocenters. The summed E-state index contributed by atoms with van der Waals surface area (Å²) in [5, 5.41) is 22.0. The highest BCUT2D eigenvalue weighted by atomic mass is 16.6. The monoisotopic (exact) mass is 184 g/mol. The van der Waals surface area contributed by atoms with Crippen molar-refractivity contribution < 1.29 is 10.0 Å². The highest BCUT2D eigenvalue weighted by Gasteiger charge is 2.38. The highest BCUT2D eigenvalue weighted by Crippen LogP contribution is 2.17. The summed E-state index contributed by atoms with van der Waals surface area (Å²) in [6.07, 6.45) is 6.95. The molecule has 1 aliphatic carbocycles. The summed E-state index contributed by atoms with van der Waals surface area (Å²) >= 11 is 0. The zero-order valence-corrected chi connectivity index (χ0v) is 7.14. The van der Waals surface area contributed by atoms with Gasteiger partial charge in [-0.05, 0) is 0 Å². The van der Waals surface area contributed by atoms with Crippen molar-refractivity contribution in [3.05, 3.63) is 34.4 Å². The fraction of sp³-hybridized carbons (Fsp3) is 0.500. The minimum absolute atomic E-state index is 0.104. The summed E-state index contributed by atoms with van der Waals surface area (Å²) in [5.74, 6) is 0. The summed E-state index contributed by atoms with van der Waals surface area (Å²) in [6.45, 7) is 0.117. The third kappa shape index (κ3) is 2.13. The van der Waals surface area contributed by atoms with Crippen LogP contribution in [0.2, 0.25) is 0 Å². The Morgan fingerprint density at radius 2 is 2.38 bits per heavy atom. The SMILES string of the molecule is O=[N+]([O-])C1(NCCO)C=CC=CC1. The van der Waals surface area contributed by atoms with E-state index in [1.807, 2.05) is 0 Å². The molecule has 5 nitrogen and oxygen atoms in total. The second kappa shape index (κ2) is 4.15. The smallest absolute Gasteiger partial charge is 0.297 e. The summed E-state index contributed by atoms with van der Waals surface area (Å²) in [7, 11) is 0. The Morgan fingerprint density at radius 1 is 1.62 bits per heavy atom. The molecule has 5 heteroatoms. The third-order valence-corrected chi connectivity index (χ3v) is 1.92. The van der Waals surface area contributed by atoms with Crippen molar-refractivity contribution in [3.63, 3.8) is 0 Å². The average molecular weight is 184 g/mol. The Morgan fingerprint density at radius 3 is 2.85 bits per heavy atom. The van der Waals surface area contributed by atoms with Gasteiger partial charge in [0.2, 0.25) is 0 Å². The lowest BCUT2D eigenvalue weighted by Gasteiger charge is -2.22. The molecule has 0 spiro atoms. The Kier molecular flexibility index (Phi) is 3.16. The fourth-order valence-electron chi connectivity index (χ4n) is 1.21. The first-order valence-electron chi connectivity index (χ1n) is 4.06. The molecule has 0 aromatic heterocycles. The largest absolute Gasteiger partial charge is 0.395 e. The summed E-state index contributed by atoms with van der Waals surface area (Å²) in [5.41, 5.74) is -1.22. The molecule has 0 heterocycles. The molecule has 72 valence electrons. The molecular formula is C8H12N2O3. The van der Waals surface area contributed by atoms with Crippen molar-refractivity contribution >= 4 is 0 Å². The van der Waals surface area contributed by atoms with Crippen LogP contribution in [0.5, 0.6) is 0 Å². The minimum Gasteiger partial charge on any atom is -0.395 e. The van der Waals surface area contributed by atoms with Crippen molar-refractivity contribution in [1.29, 1.82) is 0 Å². The van der Waals surface area contributed by atoms with E-state index in [0.29, 0.717) is 6.42 Å². The van der Waals surface area contributed by atoms with Crippen molar-refractivity contribution in [1.82, 2.24) is 5.32 Å². The van der Waals surface area contributed by atoms with E-state index in [9.17, 15) is 10.1 Å². The van der Waals surface area contributed by atoms with Gasteiger partial charge in [0.15, 0.2) is 0 Å². The lowest BCUT2D eigenvalue weighted by atomic mass is 10.0. The minimum atomic E-state index is -1.22. The maximum Gasteiger partial charge on any atom is 0.297 e. The predicted molar refractivity (Wildman–Crippen MR) is 47.7 cm³/mol. The molecule has 0 bridgehead atoms. The van der Waals surface area contributed by atoms with Gasteiger partial charge >= 0.3 is 0 Å². The van der Waals surface area contributed by atoms with E-state index >= 15 is 0 Å². The van der Waals surface area contributed by atoms with Crippen LogP contribution in [0.1, 0.15) is 6.42 Å². The molecular weight excluding hydrogens is 172 g/mol. The van der Waals surface area contributed by atoms with Crippen LogP contribution in [0, 0.1) is 10.1 Å². The zero-order chi connectivity index (χ0) is 9.73. The number of rotatable bonds is 4. The Bertz CT molecular complexity index is 250. The van der Waals surface area contributed by atoms with E-state index in [0.717, 1.165) is 0 Å². The maximum absolute atomic E-state index is 10.8. The Labute approximate surface area is 75.9 Å². The third-order valence-electron chi connectivity index (χ3n) is 1.92. The van der Waals surface area contributed by atoms with E-state index in [4.69, 9.17) is 5.11 Å². The number of hydrogen-bond donors (Lipinski definition) is 2. The molecule has 0 aliphatic heterocycles. The summed E-state index contributed by atoms with van der Waals surface area (Å²) in [4.78, 5) is 10.4. The molecule has 0 aromatic carbocycles. The molecule has 0 amide bonds. The summed E-state index contributed by atoms with van der Waals surface area (Å²) < 4.78 is 0. The molecule has 2 N–H and O–H groups in total. The van der Waals surface area contributed by atoms with Gasteiger partial charge in [-0.1, -0.05) is 18.2 Å². The lowest BCUT2D eigenvalue weighted by molar-refractivity contribution is -0.562. The topological polar surface area (TPSA) is 75.4 Å². The first-order valence-corrected chi connectivity index (χ1v) is 4.06. The second-order valence-corrected chi connectivity index (χ2v) is 2.82. The number of nitro groups is 1. The number of allylic oxidation sites excluding steroid dienone is 2. The first kappa shape index (κ1) is 9.88. The van der Waals surface area contributed by atoms with Gasteiger partial charge in [0.25, 0.3) is 5.66 Å². The molecule has 1 unspecified atom stereocenters. The normalized spacial score (nSPS) is 26.2. The standard InChI is InChI=1S/C8H12N2O3/c11-7-6-9-8(10(12)13)4-2-1-3-5-8/h1-4,9,11H,5-7H2. The molecule has 0 fully saturated rings.